The standard InChI is InChI=1S/C31H36N2O2/c1-30-16-18-33(26(22-30)20-23-14-15-27(34)21-28(23)30)19-17-31(29(35)32(2)3,24-10-6-4-7-11-24)25-12-8-5-9-13-25/h4-15,21,26,34H,16-20,22H2,1-3H3. The smallest absolute Gasteiger partial charge is 0.237 e. The van der Waals surface area contributed by atoms with Crippen LogP contribution in [-0.2, 0) is 22.0 Å². The summed E-state index contributed by atoms with van der Waals surface area (Å²) in [7, 11) is 3.73. The number of nitrogens with zero attached hydrogens (tertiary/aromatic N) is 2. The molecule has 2 aliphatic rings. The second-order valence-corrected chi connectivity index (χ2v) is 10.8. The quantitative estimate of drug-likeness (QED) is 0.545. The van der Waals surface area contributed by atoms with Gasteiger partial charge in [0.05, 0.1) is 0 Å². The van der Waals surface area contributed by atoms with Crippen molar-refractivity contribution in [3.8, 4) is 5.75 Å². The molecule has 1 amide bonds. The molecule has 2 unspecified atom stereocenters. The Labute approximate surface area is 209 Å². The van der Waals surface area contributed by atoms with Gasteiger partial charge in [0.1, 0.15) is 11.2 Å². The zero-order valence-corrected chi connectivity index (χ0v) is 21.1. The second-order valence-electron chi connectivity index (χ2n) is 10.8. The Kier molecular flexibility index (Phi) is 6.18. The number of hydrogen-bond acceptors (Lipinski definition) is 3. The molecule has 1 N–H and O–H groups in total. The first kappa shape index (κ1) is 23.6. The van der Waals surface area contributed by atoms with Crippen LogP contribution in [0.25, 0.3) is 0 Å². The Morgan fingerprint density at radius 2 is 1.66 bits per heavy atom. The van der Waals surface area contributed by atoms with Crippen molar-refractivity contribution in [2.75, 3.05) is 27.2 Å². The van der Waals surface area contributed by atoms with E-state index in [4.69, 9.17) is 0 Å². The lowest BCUT2D eigenvalue weighted by Gasteiger charge is -2.50. The zero-order valence-electron chi connectivity index (χ0n) is 21.1. The van der Waals surface area contributed by atoms with E-state index in [-0.39, 0.29) is 11.3 Å². The summed E-state index contributed by atoms with van der Waals surface area (Å²) in [6.45, 7) is 4.21. The Bertz CT molecular complexity index is 1150. The number of aromatic hydroxyl groups is 1. The first-order valence-electron chi connectivity index (χ1n) is 12.7. The summed E-state index contributed by atoms with van der Waals surface area (Å²) in [6.07, 6.45) is 3.88. The minimum atomic E-state index is -0.731. The van der Waals surface area contributed by atoms with Crippen LogP contribution in [0.1, 0.15) is 48.4 Å². The molecule has 4 heteroatoms. The van der Waals surface area contributed by atoms with E-state index in [0.29, 0.717) is 11.8 Å². The third-order valence-corrected chi connectivity index (χ3v) is 8.43. The number of likely N-dealkylation sites (N-methyl/N-ethyl adjacent to an activating group) is 1. The number of carbonyl (C=O) groups is 1. The van der Waals surface area contributed by atoms with Gasteiger partial charge in [-0.15, -0.1) is 0 Å². The van der Waals surface area contributed by atoms with Crippen LogP contribution in [0.2, 0.25) is 0 Å². The third-order valence-electron chi connectivity index (χ3n) is 8.43. The maximum atomic E-state index is 14.0. The molecule has 1 heterocycles. The zero-order chi connectivity index (χ0) is 24.6. The molecule has 0 radical (unpaired) electrons. The largest absolute Gasteiger partial charge is 0.508 e. The molecular formula is C31H36N2O2. The number of rotatable bonds is 6. The SMILES string of the molecule is CN(C)C(=O)C(CCN1CCC2(C)CC1Cc1ccc(O)cc12)(c1ccccc1)c1ccccc1. The summed E-state index contributed by atoms with van der Waals surface area (Å²) in [4.78, 5) is 18.3. The molecule has 2 atom stereocenters. The van der Waals surface area contributed by atoms with Crippen molar-refractivity contribution in [3.63, 3.8) is 0 Å². The molecule has 0 aromatic heterocycles. The molecule has 1 aliphatic heterocycles. The monoisotopic (exact) mass is 468 g/mol. The summed E-state index contributed by atoms with van der Waals surface area (Å²) in [5.41, 5.74) is 4.15. The molecule has 0 saturated carbocycles. The summed E-state index contributed by atoms with van der Waals surface area (Å²) in [5, 5.41) is 10.1. The van der Waals surface area contributed by atoms with Gasteiger partial charge >= 0.3 is 0 Å². The lowest BCUT2D eigenvalue weighted by atomic mass is 9.64. The fraction of sp³-hybridized carbons (Fsp3) is 0.387. The van der Waals surface area contributed by atoms with E-state index in [1.165, 1.54) is 11.1 Å². The molecule has 0 spiro atoms. The average Bonchev–Trinajstić information content (AvgIpc) is 2.87. The number of piperidine rings is 1. The lowest BCUT2D eigenvalue weighted by molar-refractivity contribution is -0.133. The first-order chi connectivity index (χ1) is 16.8. The first-order valence-corrected chi connectivity index (χ1v) is 12.7. The van der Waals surface area contributed by atoms with Gasteiger partial charge in [0, 0.05) is 26.7 Å². The number of benzene rings is 3. The highest BCUT2D eigenvalue weighted by Gasteiger charge is 2.46. The number of fused-ring (bicyclic) bond motifs is 4. The maximum Gasteiger partial charge on any atom is 0.237 e. The summed E-state index contributed by atoms with van der Waals surface area (Å²) in [6, 6.07) is 26.9. The molecule has 3 aromatic rings. The van der Waals surface area contributed by atoms with Gasteiger partial charge in [-0.25, -0.2) is 0 Å². The number of amides is 1. The van der Waals surface area contributed by atoms with Gasteiger partial charge in [0.2, 0.25) is 5.91 Å². The fourth-order valence-corrected chi connectivity index (χ4v) is 6.57. The van der Waals surface area contributed by atoms with Gasteiger partial charge in [0.25, 0.3) is 0 Å². The predicted molar refractivity (Wildman–Crippen MR) is 141 cm³/mol. The van der Waals surface area contributed by atoms with Crippen LogP contribution in [0.15, 0.2) is 78.9 Å². The van der Waals surface area contributed by atoms with E-state index < -0.39 is 5.41 Å². The number of carbonyl (C=O) groups excluding carboxylic acids is 1. The highest BCUT2D eigenvalue weighted by Crippen LogP contribution is 2.46. The third kappa shape index (κ3) is 4.14. The van der Waals surface area contributed by atoms with E-state index in [1.807, 2.05) is 62.6 Å². The maximum absolute atomic E-state index is 14.0. The summed E-state index contributed by atoms with van der Waals surface area (Å²) >= 11 is 0. The normalized spacial score (nSPS) is 21.9. The molecule has 182 valence electrons. The minimum Gasteiger partial charge on any atom is -0.508 e. The Hall–Kier alpha value is -3.11. The number of phenolic OH excluding ortho intramolecular Hbond substituents is 1. The molecule has 1 fully saturated rings. The number of phenols is 1. The van der Waals surface area contributed by atoms with Crippen molar-refractivity contribution in [3.05, 3.63) is 101 Å². The molecule has 3 aromatic carbocycles. The van der Waals surface area contributed by atoms with Crippen molar-refractivity contribution < 1.29 is 9.90 Å². The average molecular weight is 469 g/mol. The van der Waals surface area contributed by atoms with E-state index in [9.17, 15) is 9.90 Å². The highest BCUT2D eigenvalue weighted by molar-refractivity contribution is 5.92. The van der Waals surface area contributed by atoms with Gasteiger partial charge in [-0.2, -0.15) is 0 Å². The van der Waals surface area contributed by atoms with Crippen LogP contribution in [0.3, 0.4) is 0 Å². The lowest BCUT2D eigenvalue weighted by Crippen LogP contribution is -2.54. The van der Waals surface area contributed by atoms with Crippen LogP contribution in [0.4, 0.5) is 0 Å². The van der Waals surface area contributed by atoms with E-state index in [2.05, 4.69) is 42.2 Å². The van der Waals surface area contributed by atoms with E-state index in [0.717, 1.165) is 49.9 Å². The molecule has 5 rings (SSSR count). The molecule has 2 bridgehead atoms. The Morgan fingerprint density at radius 3 is 2.26 bits per heavy atom. The molecule has 4 nitrogen and oxygen atoms in total. The predicted octanol–water partition coefficient (Wildman–Crippen LogP) is 5.14. The Morgan fingerprint density at radius 1 is 1.03 bits per heavy atom. The molecule has 35 heavy (non-hydrogen) atoms. The van der Waals surface area contributed by atoms with Crippen LogP contribution in [0, 0.1) is 0 Å². The van der Waals surface area contributed by atoms with Gasteiger partial charge in [-0.3, -0.25) is 9.69 Å². The highest BCUT2D eigenvalue weighted by atomic mass is 16.3. The van der Waals surface area contributed by atoms with Crippen molar-refractivity contribution in [1.29, 1.82) is 0 Å². The van der Waals surface area contributed by atoms with E-state index in [1.54, 1.807) is 4.90 Å². The van der Waals surface area contributed by atoms with Gasteiger partial charge in [-0.05, 0) is 72.0 Å². The minimum absolute atomic E-state index is 0.100. The van der Waals surface area contributed by atoms with Crippen LogP contribution in [0.5, 0.6) is 5.75 Å². The van der Waals surface area contributed by atoms with Gasteiger partial charge in [-0.1, -0.05) is 73.7 Å². The van der Waals surface area contributed by atoms with Crippen LogP contribution in [-0.4, -0.2) is 54.0 Å². The topological polar surface area (TPSA) is 43.8 Å². The van der Waals surface area contributed by atoms with Crippen LogP contribution < -0.4 is 0 Å². The number of likely N-dealkylation sites (tertiary alicyclic amines) is 1. The van der Waals surface area contributed by atoms with Crippen molar-refractivity contribution in [2.45, 2.75) is 49.5 Å². The number of hydrogen-bond donors (Lipinski definition) is 1. The van der Waals surface area contributed by atoms with E-state index >= 15 is 0 Å². The van der Waals surface area contributed by atoms with Crippen LogP contribution >= 0.6 is 0 Å². The molecule has 1 aliphatic carbocycles. The van der Waals surface area contributed by atoms with Gasteiger partial charge in [0.15, 0.2) is 0 Å². The fourth-order valence-electron chi connectivity index (χ4n) is 6.57. The van der Waals surface area contributed by atoms with Crippen molar-refractivity contribution in [1.82, 2.24) is 9.80 Å². The van der Waals surface area contributed by atoms with Gasteiger partial charge < -0.3 is 10.0 Å². The molecule has 1 saturated heterocycles. The molecular weight excluding hydrogens is 432 g/mol. The van der Waals surface area contributed by atoms with Crippen molar-refractivity contribution in [2.24, 2.45) is 0 Å². The van der Waals surface area contributed by atoms with Crippen molar-refractivity contribution >= 4 is 5.91 Å². The summed E-state index contributed by atoms with van der Waals surface area (Å²) < 4.78 is 0. The summed E-state index contributed by atoms with van der Waals surface area (Å²) in [5.74, 6) is 0.491. The Balaban J connectivity index is 1.49. The second kappa shape index (κ2) is 9.16.